The zero-order chi connectivity index (χ0) is 21.7. The quantitative estimate of drug-likeness (QED) is 0.278. The average Bonchev–Trinajstić information content (AvgIpc) is 3.06. The van der Waals surface area contributed by atoms with Crippen LogP contribution < -0.4 is 5.32 Å². The Morgan fingerprint density at radius 2 is 1.90 bits per heavy atom. The first kappa shape index (κ1) is 22.1. The first-order chi connectivity index (χ1) is 14.2. The molecule has 30 heavy (non-hydrogen) atoms. The van der Waals surface area contributed by atoms with Gasteiger partial charge in [0.05, 0.1) is 23.0 Å². The van der Waals surface area contributed by atoms with Gasteiger partial charge >= 0.3 is 0 Å². The molecule has 158 valence electrons. The number of hydrogen-bond acceptors (Lipinski definition) is 3. The summed E-state index contributed by atoms with van der Waals surface area (Å²) in [5, 5.41) is 8.87. The molecule has 0 aliphatic heterocycles. The first-order valence-corrected chi connectivity index (χ1v) is 14.0. The minimum Gasteiger partial charge on any atom is -0.360 e. The Morgan fingerprint density at radius 1 is 1.17 bits per heavy atom. The van der Waals surface area contributed by atoms with Crippen LogP contribution in [0.2, 0.25) is 25.7 Å². The molecule has 0 aliphatic carbocycles. The van der Waals surface area contributed by atoms with Gasteiger partial charge in [0.25, 0.3) is 0 Å². The number of anilines is 2. The second-order valence-electron chi connectivity index (χ2n) is 9.00. The van der Waals surface area contributed by atoms with E-state index in [0.29, 0.717) is 6.73 Å². The minimum atomic E-state index is -1.12. The molecule has 0 saturated heterocycles. The van der Waals surface area contributed by atoms with Crippen LogP contribution in [-0.2, 0) is 11.5 Å². The topological polar surface area (TPSA) is 39.1 Å². The maximum atomic E-state index is 13.2. The molecule has 0 atom stereocenters. The molecule has 0 fully saturated rings. The van der Waals surface area contributed by atoms with E-state index in [9.17, 15) is 4.39 Å². The van der Waals surface area contributed by atoms with Crippen LogP contribution in [0, 0.1) is 23.6 Å². The highest BCUT2D eigenvalue weighted by atomic mass is 28.3. The van der Waals surface area contributed by atoms with Gasteiger partial charge in [0, 0.05) is 31.7 Å². The van der Waals surface area contributed by atoms with E-state index in [-0.39, 0.29) is 11.7 Å². The lowest BCUT2D eigenvalue weighted by molar-refractivity contribution is 0.0817. The molecule has 0 aliphatic rings. The van der Waals surface area contributed by atoms with Gasteiger partial charge in [0.2, 0.25) is 0 Å². The molecule has 0 radical (unpaired) electrons. The lowest BCUT2D eigenvalue weighted by Gasteiger charge is -2.15. The number of aromatic nitrogens is 2. The summed E-state index contributed by atoms with van der Waals surface area (Å²) in [4.78, 5) is 0. The van der Waals surface area contributed by atoms with Crippen molar-refractivity contribution in [1.29, 1.82) is 0 Å². The van der Waals surface area contributed by atoms with Crippen molar-refractivity contribution in [3.05, 3.63) is 54.0 Å². The van der Waals surface area contributed by atoms with Crippen LogP contribution in [0.1, 0.15) is 19.4 Å². The monoisotopic (exact) mass is 423 g/mol. The van der Waals surface area contributed by atoms with E-state index < -0.39 is 8.07 Å². The molecule has 0 amide bonds. The second kappa shape index (κ2) is 9.46. The molecule has 1 aromatic heterocycles. The van der Waals surface area contributed by atoms with E-state index in [1.54, 1.807) is 12.1 Å². The summed E-state index contributed by atoms with van der Waals surface area (Å²) in [5.41, 5.74) is 3.55. The zero-order valence-electron chi connectivity index (χ0n) is 18.4. The van der Waals surface area contributed by atoms with Gasteiger partial charge < -0.3 is 10.1 Å². The first-order valence-electron chi connectivity index (χ1n) is 10.3. The van der Waals surface area contributed by atoms with Crippen molar-refractivity contribution in [2.75, 3.05) is 11.9 Å². The Kier molecular flexibility index (Phi) is 6.96. The smallest absolute Gasteiger partial charge is 0.139 e. The van der Waals surface area contributed by atoms with E-state index in [1.807, 2.05) is 23.0 Å². The van der Waals surface area contributed by atoms with Gasteiger partial charge in [0.15, 0.2) is 0 Å². The van der Waals surface area contributed by atoms with Gasteiger partial charge in [-0.3, -0.25) is 0 Å². The van der Waals surface area contributed by atoms with Crippen molar-refractivity contribution < 1.29 is 9.13 Å². The summed E-state index contributed by atoms with van der Waals surface area (Å²) in [5.74, 6) is 6.51. The number of fused-ring (bicyclic) bond motifs is 1. The second-order valence-corrected chi connectivity index (χ2v) is 14.6. The number of rotatable bonds is 7. The Bertz CT molecular complexity index is 1060. The third kappa shape index (κ3) is 6.19. The number of ether oxygens (including phenoxy) is 1. The third-order valence-corrected chi connectivity index (χ3v) is 6.31. The van der Waals surface area contributed by atoms with Gasteiger partial charge in [0.1, 0.15) is 12.5 Å². The SMILES string of the molecule is CC(C)C#Cc1cc2c(cnn2COCC[Si](C)(C)C)cc1Nc1ccc(F)cc1. The number of benzene rings is 2. The van der Waals surface area contributed by atoms with Crippen LogP contribution in [0.5, 0.6) is 0 Å². The molecule has 4 nitrogen and oxygen atoms in total. The summed E-state index contributed by atoms with van der Waals surface area (Å²) in [6.45, 7) is 12.3. The van der Waals surface area contributed by atoms with E-state index in [4.69, 9.17) is 4.74 Å². The maximum Gasteiger partial charge on any atom is 0.139 e. The fourth-order valence-corrected chi connectivity index (χ4v) is 3.63. The molecular formula is C24H30FN3OSi. The fraction of sp³-hybridized carbons (Fsp3) is 0.375. The number of nitrogens with one attached hydrogen (secondary N) is 1. The average molecular weight is 424 g/mol. The summed E-state index contributed by atoms with van der Waals surface area (Å²) < 4.78 is 21.0. The van der Waals surface area contributed by atoms with Gasteiger partial charge in [-0.1, -0.05) is 45.3 Å². The summed E-state index contributed by atoms with van der Waals surface area (Å²) >= 11 is 0. The highest BCUT2D eigenvalue weighted by molar-refractivity contribution is 6.76. The number of halogens is 1. The molecule has 1 N–H and O–H groups in total. The Labute approximate surface area is 179 Å². The van der Waals surface area contributed by atoms with Crippen molar-refractivity contribution in [1.82, 2.24) is 9.78 Å². The van der Waals surface area contributed by atoms with Crippen LogP contribution >= 0.6 is 0 Å². The molecule has 2 aromatic carbocycles. The molecule has 0 unspecified atom stereocenters. The van der Waals surface area contributed by atoms with E-state index in [2.05, 4.69) is 55.7 Å². The lowest BCUT2D eigenvalue weighted by Crippen LogP contribution is -2.22. The predicted molar refractivity (Wildman–Crippen MR) is 125 cm³/mol. The minimum absolute atomic E-state index is 0.258. The molecule has 3 aromatic rings. The van der Waals surface area contributed by atoms with Gasteiger partial charge in [-0.2, -0.15) is 5.10 Å². The van der Waals surface area contributed by atoms with E-state index in [1.165, 1.54) is 12.1 Å². The van der Waals surface area contributed by atoms with Crippen LogP contribution in [0.3, 0.4) is 0 Å². The molecule has 1 heterocycles. The Hall–Kier alpha value is -2.62. The highest BCUT2D eigenvalue weighted by Crippen LogP contribution is 2.27. The number of hydrogen-bond donors (Lipinski definition) is 1. The summed E-state index contributed by atoms with van der Waals surface area (Å²) in [6, 6.07) is 11.5. The van der Waals surface area contributed by atoms with Crippen LogP contribution in [0.25, 0.3) is 10.9 Å². The standard InChI is InChI=1S/C24H30FN3OSi/c1-18(2)6-7-19-15-24-20(14-23(19)27-22-10-8-21(25)9-11-22)16-26-28(24)17-29-12-13-30(3,4)5/h8-11,14-16,18,27H,12-13,17H2,1-5H3. The molecule has 3 rings (SSSR count). The van der Waals surface area contributed by atoms with Crippen molar-refractivity contribution in [2.24, 2.45) is 5.92 Å². The number of nitrogens with zero attached hydrogens (tertiary/aromatic N) is 2. The normalized spacial score (nSPS) is 11.6. The van der Waals surface area contributed by atoms with E-state index in [0.717, 1.165) is 40.5 Å². The van der Waals surface area contributed by atoms with E-state index >= 15 is 0 Å². The molecule has 0 spiro atoms. The van der Waals surface area contributed by atoms with Gasteiger partial charge in [-0.25, -0.2) is 9.07 Å². The Morgan fingerprint density at radius 3 is 2.57 bits per heavy atom. The van der Waals surface area contributed by atoms with Crippen molar-refractivity contribution >= 4 is 30.4 Å². The van der Waals surface area contributed by atoms with Gasteiger partial charge in [-0.05, 0) is 42.4 Å². The molecule has 6 heteroatoms. The fourth-order valence-electron chi connectivity index (χ4n) is 2.88. The largest absolute Gasteiger partial charge is 0.360 e. The predicted octanol–water partition coefficient (Wildman–Crippen LogP) is 6.24. The van der Waals surface area contributed by atoms with Crippen LogP contribution in [0.4, 0.5) is 15.8 Å². The highest BCUT2D eigenvalue weighted by Gasteiger charge is 2.13. The Balaban J connectivity index is 1.88. The zero-order valence-corrected chi connectivity index (χ0v) is 19.4. The summed E-state index contributed by atoms with van der Waals surface area (Å²) in [6.07, 6.45) is 1.84. The van der Waals surface area contributed by atoms with Gasteiger partial charge in [-0.15, -0.1) is 0 Å². The van der Waals surface area contributed by atoms with Crippen molar-refractivity contribution in [3.8, 4) is 11.8 Å². The van der Waals surface area contributed by atoms with Crippen LogP contribution in [-0.4, -0.2) is 24.5 Å². The lowest BCUT2D eigenvalue weighted by atomic mass is 10.1. The maximum absolute atomic E-state index is 13.2. The molecular weight excluding hydrogens is 393 g/mol. The summed E-state index contributed by atoms with van der Waals surface area (Å²) in [7, 11) is -1.12. The molecule has 0 bridgehead atoms. The van der Waals surface area contributed by atoms with Crippen molar-refractivity contribution in [3.63, 3.8) is 0 Å². The molecule has 0 saturated carbocycles. The van der Waals surface area contributed by atoms with Crippen molar-refractivity contribution in [2.45, 2.75) is 46.3 Å². The van der Waals surface area contributed by atoms with Crippen LogP contribution in [0.15, 0.2) is 42.6 Å². The third-order valence-electron chi connectivity index (χ3n) is 4.61.